The van der Waals surface area contributed by atoms with E-state index in [2.05, 4.69) is 10.3 Å². The molecule has 1 N–H and O–H groups in total. The number of carbonyl (C=O) groups excluding carboxylic acids is 1. The first kappa shape index (κ1) is 13.2. The Balaban J connectivity index is 1.87. The molecule has 3 rings (SSSR count). The second-order valence-corrected chi connectivity index (χ2v) is 7.62. The number of aromatic nitrogens is 1. The van der Waals surface area contributed by atoms with Crippen molar-refractivity contribution in [3.63, 3.8) is 0 Å². The van der Waals surface area contributed by atoms with E-state index in [4.69, 9.17) is 23.2 Å². The molecule has 1 fully saturated rings. The molecule has 1 aromatic carbocycles. The van der Waals surface area contributed by atoms with E-state index < -0.39 is 9.75 Å². The molecule has 1 aliphatic carbocycles. The summed E-state index contributed by atoms with van der Waals surface area (Å²) in [5.74, 6) is -0.172. The number of benzene rings is 1. The largest absolute Gasteiger partial charge is 0.301 e. The number of alkyl halides is 2. The highest BCUT2D eigenvalue weighted by Crippen LogP contribution is 2.64. The Morgan fingerprint density at radius 1 is 1.47 bits per heavy atom. The number of fused-ring (bicyclic) bond motifs is 1. The zero-order chi connectivity index (χ0) is 13.8. The topological polar surface area (TPSA) is 42.0 Å². The zero-order valence-corrected chi connectivity index (χ0v) is 12.8. The summed E-state index contributed by atoms with van der Waals surface area (Å²) in [6.45, 7) is 3.76. The van der Waals surface area contributed by atoms with E-state index in [1.54, 1.807) is 6.92 Å². The third-order valence-electron chi connectivity index (χ3n) is 3.60. The van der Waals surface area contributed by atoms with Gasteiger partial charge in [0.15, 0.2) is 5.13 Å². The van der Waals surface area contributed by atoms with Gasteiger partial charge in [-0.1, -0.05) is 23.5 Å². The van der Waals surface area contributed by atoms with Crippen LogP contribution >= 0.6 is 34.5 Å². The molecule has 0 bridgehead atoms. The fourth-order valence-corrected chi connectivity index (χ4v) is 3.67. The van der Waals surface area contributed by atoms with Crippen molar-refractivity contribution in [3.05, 3.63) is 23.8 Å². The Labute approximate surface area is 124 Å². The molecular weight excluding hydrogens is 303 g/mol. The molecule has 1 atom stereocenters. The number of nitrogens with one attached hydrogen (secondary N) is 1. The number of para-hydroxylation sites is 1. The Kier molecular flexibility index (Phi) is 2.82. The van der Waals surface area contributed by atoms with Crippen LogP contribution in [-0.4, -0.2) is 15.2 Å². The summed E-state index contributed by atoms with van der Waals surface area (Å²) in [6, 6.07) is 5.96. The van der Waals surface area contributed by atoms with Crippen molar-refractivity contribution in [2.45, 2.75) is 24.6 Å². The van der Waals surface area contributed by atoms with Crippen molar-refractivity contribution < 1.29 is 4.79 Å². The maximum atomic E-state index is 12.2. The first-order valence-corrected chi connectivity index (χ1v) is 7.46. The lowest BCUT2D eigenvalue weighted by atomic mass is 10.1. The molecule has 3 nitrogen and oxygen atoms in total. The number of amides is 1. The molecule has 1 unspecified atom stereocenters. The van der Waals surface area contributed by atoms with Crippen molar-refractivity contribution in [2.24, 2.45) is 5.41 Å². The molecule has 1 amide bonds. The zero-order valence-electron chi connectivity index (χ0n) is 10.5. The first-order chi connectivity index (χ1) is 8.83. The van der Waals surface area contributed by atoms with E-state index >= 15 is 0 Å². The standard InChI is InChI=1S/C13H12Cl2N2OS/c1-7-4-3-5-8-9(7)16-11(19-8)17-10(18)12(2)6-13(12,14)15/h3-5H,6H2,1-2H3,(H,16,17,18). The van der Waals surface area contributed by atoms with Crippen LogP contribution in [0.4, 0.5) is 5.13 Å². The Morgan fingerprint density at radius 2 is 2.16 bits per heavy atom. The van der Waals surface area contributed by atoms with Crippen molar-refractivity contribution in [3.8, 4) is 0 Å². The minimum absolute atomic E-state index is 0.172. The Morgan fingerprint density at radius 3 is 2.74 bits per heavy atom. The van der Waals surface area contributed by atoms with Crippen LogP contribution in [0, 0.1) is 12.3 Å². The highest BCUT2D eigenvalue weighted by molar-refractivity contribution is 7.22. The van der Waals surface area contributed by atoms with Gasteiger partial charge in [-0.3, -0.25) is 4.79 Å². The van der Waals surface area contributed by atoms with Crippen molar-refractivity contribution in [2.75, 3.05) is 5.32 Å². The second-order valence-electron chi connectivity index (χ2n) is 5.11. The molecule has 0 saturated heterocycles. The molecule has 2 aromatic rings. The molecule has 6 heteroatoms. The molecule has 1 aromatic heterocycles. The van der Waals surface area contributed by atoms with Gasteiger partial charge in [0.25, 0.3) is 0 Å². The van der Waals surface area contributed by atoms with E-state index in [1.807, 2.05) is 25.1 Å². The lowest BCUT2D eigenvalue weighted by molar-refractivity contribution is -0.120. The van der Waals surface area contributed by atoms with Crippen molar-refractivity contribution >= 4 is 55.8 Å². The molecule has 19 heavy (non-hydrogen) atoms. The molecule has 100 valence electrons. The third kappa shape index (κ3) is 2.02. The van der Waals surface area contributed by atoms with Crippen molar-refractivity contribution in [1.82, 2.24) is 4.98 Å². The van der Waals surface area contributed by atoms with E-state index in [-0.39, 0.29) is 5.91 Å². The van der Waals surface area contributed by atoms with Gasteiger partial charge in [-0.25, -0.2) is 4.98 Å². The lowest BCUT2D eigenvalue weighted by Gasteiger charge is -2.10. The Bertz CT molecular complexity index is 682. The van der Waals surface area contributed by atoms with E-state index in [0.29, 0.717) is 11.6 Å². The molecule has 1 saturated carbocycles. The summed E-state index contributed by atoms with van der Waals surface area (Å²) >= 11 is 13.5. The number of thiazole rings is 1. The molecular formula is C13H12Cl2N2OS. The predicted octanol–water partition coefficient (Wildman–Crippen LogP) is 4.13. The average Bonchev–Trinajstić information content (AvgIpc) is 2.70. The molecule has 1 heterocycles. The summed E-state index contributed by atoms with van der Waals surface area (Å²) in [4.78, 5) is 16.6. The van der Waals surface area contributed by atoms with E-state index in [1.165, 1.54) is 11.3 Å². The van der Waals surface area contributed by atoms with E-state index in [9.17, 15) is 4.79 Å². The number of rotatable bonds is 2. The van der Waals surface area contributed by atoms with Gasteiger partial charge in [0.2, 0.25) is 5.91 Å². The van der Waals surface area contributed by atoms with Gasteiger partial charge in [0.05, 0.1) is 15.6 Å². The number of nitrogens with zero attached hydrogens (tertiary/aromatic N) is 1. The highest BCUT2D eigenvalue weighted by atomic mass is 35.5. The summed E-state index contributed by atoms with van der Waals surface area (Å²) in [7, 11) is 0. The number of anilines is 1. The van der Waals surface area contributed by atoms with Gasteiger partial charge in [0, 0.05) is 0 Å². The maximum absolute atomic E-state index is 12.2. The summed E-state index contributed by atoms with van der Waals surface area (Å²) in [5, 5.41) is 3.41. The normalized spacial score (nSPS) is 24.4. The molecule has 1 aliphatic rings. The first-order valence-electron chi connectivity index (χ1n) is 5.89. The van der Waals surface area contributed by atoms with Gasteiger partial charge < -0.3 is 5.32 Å². The van der Waals surface area contributed by atoms with Crippen LogP contribution in [0.15, 0.2) is 18.2 Å². The molecule has 0 spiro atoms. The van der Waals surface area contributed by atoms with Crippen LogP contribution in [0.25, 0.3) is 10.2 Å². The minimum Gasteiger partial charge on any atom is -0.301 e. The van der Waals surface area contributed by atoms with Gasteiger partial charge >= 0.3 is 0 Å². The number of aryl methyl sites for hydroxylation is 1. The van der Waals surface area contributed by atoms with Gasteiger partial charge in [-0.15, -0.1) is 23.2 Å². The van der Waals surface area contributed by atoms with Gasteiger partial charge in [-0.05, 0) is 31.9 Å². The van der Waals surface area contributed by atoms with Crippen LogP contribution in [0.5, 0.6) is 0 Å². The van der Waals surface area contributed by atoms with Crippen LogP contribution in [-0.2, 0) is 4.79 Å². The smallest absolute Gasteiger partial charge is 0.235 e. The second kappa shape index (κ2) is 4.08. The summed E-state index contributed by atoms with van der Waals surface area (Å²) in [5.41, 5.74) is 1.30. The van der Waals surface area contributed by atoms with E-state index in [0.717, 1.165) is 15.8 Å². The van der Waals surface area contributed by atoms with Crippen LogP contribution in [0.2, 0.25) is 0 Å². The summed E-state index contributed by atoms with van der Waals surface area (Å²) < 4.78 is 0.100. The number of hydrogen-bond acceptors (Lipinski definition) is 3. The fourth-order valence-electron chi connectivity index (χ4n) is 2.02. The number of hydrogen-bond donors (Lipinski definition) is 1. The third-order valence-corrected chi connectivity index (χ3v) is 5.64. The fraction of sp³-hybridized carbons (Fsp3) is 0.385. The van der Waals surface area contributed by atoms with Crippen LogP contribution in [0.1, 0.15) is 18.9 Å². The number of carbonyl (C=O) groups is 1. The molecule has 0 aliphatic heterocycles. The van der Waals surface area contributed by atoms with Crippen LogP contribution < -0.4 is 5.32 Å². The quantitative estimate of drug-likeness (QED) is 0.847. The number of halogens is 2. The highest BCUT2D eigenvalue weighted by Gasteiger charge is 2.68. The molecule has 0 radical (unpaired) electrons. The predicted molar refractivity (Wildman–Crippen MR) is 80.1 cm³/mol. The Hall–Kier alpha value is -0.840. The maximum Gasteiger partial charge on any atom is 0.235 e. The monoisotopic (exact) mass is 314 g/mol. The lowest BCUT2D eigenvalue weighted by Crippen LogP contribution is -2.25. The minimum atomic E-state index is -0.955. The van der Waals surface area contributed by atoms with Gasteiger partial charge in [0.1, 0.15) is 4.33 Å². The average molecular weight is 315 g/mol. The van der Waals surface area contributed by atoms with Gasteiger partial charge in [-0.2, -0.15) is 0 Å². The van der Waals surface area contributed by atoms with Crippen molar-refractivity contribution in [1.29, 1.82) is 0 Å². The van der Waals surface area contributed by atoms with Crippen LogP contribution in [0.3, 0.4) is 0 Å². The summed E-state index contributed by atoms with van der Waals surface area (Å²) in [6.07, 6.45) is 0.471. The SMILES string of the molecule is Cc1cccc2sc(NC(=O)C3(C)CC3(Cl)Cl)nc12.